The molecule has 4 N–H and O–H groups in total. The van der Waals surface area contributed by atoms with Crippen LogP contribution in [0.2, 0.25) is 0 Å². The van der Waals surface area contributed by atoms with Crippen LogP contribution in [0.4, 0.5) is 5.88 Å². The highest BCUT2D eigenvalue weighted by molar-refractivity contribution is 5.91. The molecule has 4 heterocycles. The van der Waals surface area contributed by atoms with Crippen molar-refractivity contribution < 1.29 is 9.21 Å². The van der Waals surface area contributed by atoms with Crippen molar-refractivity contribution >= 4 is 28.8 Å². The third-order valence-electron chi connectivity index (χ3n) is 8.04. The molecule has 1 amide bonds. The summed E-state index contributed by atoms with van der Waals surface area (Å²) in [6, 6.07) is 12.3. The fourth-order valence-corrected chi connectivity index (χ4v) is 5.86. The second-order valence-electron chi connectivity index (χ2n) is 10.5. The van der Waals surface area contributed by atoms with Crippen LogP contribution in [0.5, 0.6) is 0 Å². The Bertz CT molecular complexity index is 1350. The molecule has 0 saturated carbocycles. The summed E-state index contributed by atoms with van der Waals surface area (Å²) in [7, 11) is 2.21. The lowest BCUT2D eigenvalue weighted by molar-refractivity contribution is -0.125. The fourth-order valence-electron chi connectivity index (χ4n) is 5.86. The summed E-state index contributed by atoms with van der Waals surface area (Å²) in [6.07, 6.45) is 14.1. The number of para-hydroxylation sites is 1. The highest BCUT2D eigenvalue weighted by Crippen LogP contribution is 2.32. The number of aromatic amines is 1. The highest BCUT2D eigenvalue weighted by atomic mass is 16.3. The summed E-state index contributed by atoms with van der Waals surface area (Å²) in [5, 5.41) is 5.02. The van der Waals surface area contributed by atoms with Gasteiger partial charge in [0.2, 0.25) is 5.91 Å². The number of carbonyl (C=O) groups excluding carboxylic acids is 1. The molecular formula is C31H39N5O2. The number of likely N-dealkylation sites (tertiary alicyclic amines) is 1. The van der Waals surface area contributed by atoms with Gasteiger partial charge in [0.1, 0.15) is 5.76 Å². The lowest BCUT2D eigenvalue weighted by Crippen LogP contribution is -2.43. The topological polar surface area (TPSA) is 90.5 Å². The molecule has 0 spiro atoms. The number of nitrogens with one attached hydrogen (secondary N) is 2. The molecule has 2 aliphatic rings. The van der Waals surface area contributed by atoms with Gasteiger partial charge in [-0.1, -0.05) is 24.3 Å². The molecule has 3 aromatic rings. The number of amides is 1. The van der Waals surface area contributed by atoms with E-state index in [1.807, 2.05) is 4.90 Å². The fraction of sp³-hybridized carbons (Fsp3) is 0.387. The number of nitrogens with two attached hydrogens (primary N) is 1. The molecule has 0 bridgehead atoms. The zero-order valence-corrected chi connectivity index (χ0v) is 22.5. The normalized spacial score (nSPS) is 20.6. The van der Waals surface area contributed by atoms with E-state index in [0.717, 1.165) is 51.9 Å². The van der Waals surface area contributed by atoms with E-state index in [1.165, 1.54) is 27.7 Å². The molecule has 7 nitrogen and oxygen atoms in total. The van der Waals surface area contributed by atoms with E-state index < -0.39 is 0 Å². The number of allylic oxidation sites excluding steroid dienone is 3. The Labute approximate surface area is 225 Å². The Morgan fingerprint density at radius 2 is 2.05 bits per heavy atom. The summed E-state index contributed by atoms with van der Waals surface area (Å²) in [5.41, 5.74) is 10.9. The number of rotatable bonds is 8. The van der Waals surface area contributed by atoms with Gasteiger partial charge < -0.3 is 30.3 Å². The lowest BCUT2D eigenvalue weighted by atomic mass is 9.84. The lowest BCUT2D eigenvalue weighted by Gasteiger charge is -2.40. The first-order chi connectivity index (χ1) is 18.5. The second kappa shape index (κ2) is 11.8. The molecule has 2 unspecified atom stereocenters. The number of aromatic nitrogens is 1. The van der Waals surface area contributed by atoms with E-state index in [0.29, 0.717) is 23.6 Å². The molecule has 2 atom stereocenters. The number of hydrogen-bond donors (Lipinski definition) is 3. The summed E-state index contributed by atoms with van der Waals surface area (Å²) in [4.78, 5) is 20.6. The third-order valence-corrected chi connectivity index (χ3v) is 8.04. The number of H-pyrrole nitrogens is 1. The Kier molecular flexibility index (Phi) is 8.03. The van der Waals surface area contributed by atoms with Gasteiger partial charge in [-0.3, -0.25) is 4.79 Å². The average molecular weight is 514 g/mol. The Balaban J connectivity index is 1.18. The van der Waals surface area contributed by atoms with Crippen LogP contribution in [-0.2, 0) is 11.2 Å². The number of furan rings is 1. The van der Waals surface area contributed by atoms with Gasteiger partial charge in [0.25, 0.3) is 0 Å². The summed E-state index contributed by atoms with van der Waals surface area (Å²) in [5.74, 6) is 1.48. The van der Waals surface area contributed by atoms with E-state index in [1.54, 1.807) is 24.3 Å². The maximum atomic E-state index is 12.9. The highest BCUT2D eigenvalue weighted by Gasteiger charge is 2.32. The SMILES string of the molecule is CC1=CC=C(CNCCc2c[nH]c3ccccc23)C(C2CCCN(C(=O)/C=C/c3ccc(N)o3)CC2)N1C. The predicted octanol–water partition coefficient (Wildman–Crippen LogP) is 4.96. The van der Waals surface area contributed by atoms with Crippen LogP contribution in [0.15, 0.2) is 76.5 Å². The monoisotopic (exact) mass is 513 g/mol. The van der Waals surface area contributed by atoms with Gasteiger partial charge in [-0.15, -0.1) is 0 Å². The van der Waals surface area contributed by atoms with Crippen molar-refractivity contribution in [1.29, 1.82) is 0 Å². The number of likely N-dealkylation sites (N-methyl/N-ethyl adjacent to an activating group) is 1. The molecule has 2 aromatic heterocycles. The minimum atomic E-state index is 0.0309. The first-order valence-corrected chi connectivity index (χ1v) is 13.7. The minimum Gasteiger partial charge on any atom is -0.442 e. The number of fused-ring (bicyclic) bond motifs is 1. The predicted molar refractivity (Wildman–Crippen MR) is 154 cm³/mol. The smallest absolute Gasteiger partial charge is 0.246 e. The summed E-state index contributed by atoms with van der Waals surface area (Å²) >= 11 is 0. The number of nitrogens with zero attached hydrogens (tertiary/aromatic N) is 2. The van der Waals surface area contributed by atoms with E-state index in [2.05, 4.69) is 71.8 Å². The van der Waals surface area contributed by atoms with Gasteiger partial charge in [-0.05, 0) is 80.5 Å². The van der Waals surface area contributed by atoms with Crippen molar-refractivity contribution in [2.24, 2.45) is 5.92 Å². The van der Waals surface area contributed by atoms with Gasteiger partial charge in [0, 0.05) is 61.6 Å². The molecular weight excluding hydrogens is 474 g/mol. The first-order valence-electron chi connectivity index (χ1n) is 13.7. The van der Waals surface area contributed by atoms with Crippen LogP contribution >= 0.6 is 0 Å². The molecule has 7 heteroatoms. The molecule has 200 valence electrons. The number of carbonyl (C=O) groups is 1. The summed E-state index contributed by atoms with van der Waals surface area (Å²) < 4.78 is 5.35. The molecule has 2 aliphatic heterocycles. The Hall–Kier alpha value is -3.71. The van der Waals surface area contributed by atoms with Crippen LogP contribution < -0.4 is 11.1 Å². The molecule has 38 heavy (non-hydrogen) atoms. The van der Waals surface area contributed by atoms with E-state index in [-0.39, 0.29) is 5.91 Å². The van der Waals surface area contributed by atoms with Gasteiger partial charge in [-0.2, -0.15) is 0 Å². The van der Waals surface area contributed by atoms with Crippen molar-refractivity contribution in [2.45, 2.75) is 38.6 Å². The molecule has 0 aliphatic carbocycles. The van der Waals surface area contributed by atoms with Crippen LogP contribution in [-0.4, -0.2) is 60.0 Å². The molecule has 1 aromatic carbocycles. The second-order valence-corrected chi connectivity index (χ2v) is 10.5. The number of anilines is 1. The Morgan fingerprint density at radius 3 is 2.89 bits per heavy atom. The van der Waals surface area contributed by atoms with Crippen molar-refractivity contribution in [3.63, 3.8) is 0 Å². The van der Waals surface area contributed by atoms with E-state index >= 15 is 0 Å². The van der Waals surface area contributed by atoms with Gasteiger partial charge in [-0.25, -0.2) is 0 Å². The molecule has 5 rings (SSSR count). The average Bonchev–Trinajstić information content (AvgIpc) is 3.45. The van der Waals surface area contributed by atoms with E-state index in [4.69, 9.17) is 10.2 Å². The van der Waals surface area contributed by atoms with Crippen LogP contribution in [0.1, 0.15) is 37.5 Å². The molecule has 0 radical (unpaired) electrons. The largest absolute Gasteiger partial charge is 0.442 e. The quantitative estimate of drug-likeness (QED) is 0.293. The van der Waals surface area contributed by atoms with E-state index in [9.17, 15) is 4.79 Å². The number of nitrogen functional groups attached to an aromatic ring is 1. The maximum absolute atomic E-state index is 12.9. The minimum absolute atomic E-state index is 0.0309. The zero-order chi connectivity index (χ0) is 26.5. The van der Waals surface area contributed by atoms with Gasteiger partial charge >= 0.3 is 0 Å². The summed E-state index contributed by atoms with van der Waals surface area (Å²) in [6.45, 7) is 5.54. The van der Waals surface area contributed by atoms with Crippen LogP contribution in [0, 0.1) is 5.92 Å². The zero-order valence-electron chi connectivity index (χ0n) is 22.5. The molecule has 1 saturated heterocycles. The maximum Gasteiger partial charge on any atom is 0.246 e. The van der Waals surface area contributed by atoms with Crippen LogP contribution in [0.3, 0.4) is 0 Å². The molecule has 1 fully saturated rings. The number of hydrogen-bond acceptors (Lipinski definition) is 5. The van der Waals surface area contributed by atoms with Gasteiger partial charge in [0.15, 0.2) is 5.88 Å². The van der Waals surface area contributed by atoms with Crippen molar-refractivity contribution in [3.8, 4) is 0 Å². The van der Waals surface area contributed by atoms with Crippen molar-refractivity contribution in [1.82, 2.24) is 20.1 Å². The van der Waals surface area contributed by atoms with Gasteiger partial charge in [0.05, 0.1) is 6.04 Å². The van der Waals surface area contributed by atoms with Crippen molar-refractivity contribution in [2.75, 3.05) is 39.0 Å². The Morgan fingerprint density at radius 1 is 1.18 bits per heavy atom. The number of benzene rings is 1. The van der Waals surface area contributed by atoms with Crippen molar-refractivity contribution in [3.05, 3.63) is 83.4 Å². The van der Waals surface area contributed by atoms with Crippen LogP contribution in [0.25, 0.3) is 17.0 Å². The standard InChI is InChI=1S/C31H39N5O2/c1-22-9-10-25(20-33-17-15-24-21-34-28-8-4-3-7-27(24)28)31(35(22)2)23-6-5-18-36(19-16-23)30(37)14-12-26-11-13-29(32)38-26/h3-4,7-14,21,23,31,33-34H,5-6,15-20,32H2,1-2H3/b14-12+. The first kappa shape index (κ1) is 25.9. The third kappa shape index (κ3) is 5.89.